The Bertz CT molecular complexity index is 659. The van der Waals surface area contributed by atoms with Crippen molar-refractivity contribution in [2.45, 2.75) is 38.4 Å². The maximum absolute atomic E-state index is 11.8. The highest BCUT2D eigenvalue weighted by Crippen LogP contribution is 2.23. The van der Waals surface area contributed by atoms with E-state index in [1.54, 1.807) is 6.33 Å². The van der Waals surface area contributed by atoms with Crippen LogP contribution in [0.5, 0.6) is 0 Å². The van der Waals surface area contributed by atoms with E-state index in [4.69, 9.17) is 11.6 Å². The summed E-state index contributed by atoms with van der Waals surface area (Å²) in [5.74, 6) is 0.304. The third-order valence-electron chi connectivity index (χ3n) is 3.30. The van der Waals surface area contributed by atoms with E-state index in [1.807, 2.05) is 43.5 Å². The van der Waals surface area contributed by atoms with Gasteiger partial charge in [0.25, 0.3) is 0 Å². The summed E-state index contributed by atoms with van der Waals surface area (Å²) < 4.78 is 1.83. The minimum absolute atomic E-state index is 0.00385. The molecule has 1 atom stereocenters. The van der Waals surface area contributed by atoms with Crippen LogP contribution in [-0.2, 0) is 4.79 Å². The number of hydrogen-bond donors (Lipinski definition) is 1. The molecule has 0 aliphatic carbocycles. The molecule has 0 unspecified atom stereocenters. The van der Waals surface area contributed by atoms with Crippen LogP contribution in [-0.4, -0.2) is 32.5 Å². The molecule has 0 bridgehead atoms. The van der Waals surface area contributed by atoms with E-state index in [0.717, 1.165) is 17.7 Å². The van der Waals surface area contributed by atoms with Crippen LogP contribution in [0.1, 0.15) is 25.8 Å². The predicted octanol–water partition coefficient (Wildman–Crippen LogP) is 3.24. The minimum Gasteiger partial charge on any atom is -0.353 e. The number of rotatable bonds is 6. The normalized spacial score (nSPS) is 12.2. The Hall–Kier alpha value is -1.53. The van der Waals surface area contributed by atoms with Crippen molar-refractivity contribution < 1.29 is 4.79 Å². The fraction of sp³-hybridized carbons (Fsp3) is 0.400. The van der Waals surface area contributed by atoms with Gasteiger partial charge in [-0.05, 0) is 38.0 Å². The standard InChI is InChI=1S/C15H19ClN4OS/c1-4-11(3)18-14(21)8-22-15-19-17-9-20(15)12-6-5-10(2)13(16)7-12/h5-7,9,11H,4,8H2,1-3H3,(H,18,21)/t11-/m1/s1. The van der Waals surface area contributed by atoms with E-state index in [1.165, 1.54) is 11.8 Å². The molecular formula is C15H19ClN4OS. The Morgan fingerprint density at radius 1 is 1.50 bits per heavy atom. The van der Waals surface area contributed by atoms with Gasteiger partial charge in [0, 0.05) is 11.1 Å². The molecule has 0 saturated heterocycles. The van der Waals surface area contributed by atoms with Gasteiger partial charge in [0.05, 0.1) is 11.4 Å². The second-order valence-corrected chi connectivity index (χ2v) is 6.43. The molecule has 1 amide bonds. The summed E-state index contributed by atoms with van der Waals surface area (Å²) in [6, 6.07) is 5.95. The molecule has 1 N–H and O–H groups in total. The van der Waals surface area contributed by atoms with E-state index < -0.39 is 0 Å². The molecule has 0 aliphatic rings. The zero-order valence-corrected chi connectivity index (χ0v) is 14.4. The number of hydrogen-bond acceptors (Lipinski definition) is 4. The molecule has 0 saturated carbocycles. The lowest BCUT2D eigenvalue weighted by Crippen LogP contribution is -2.33. The number of nitrogens with zero attached hydrogens (tertiary/aromatic N) is 3. The Balaban J connectivity index is 2.06. The molecule has 22 heavy (non-hydrogen) atoms. The second-order valence-electron chi connectivity index (χ2n) is 5.08. The van der Waals surface area contributed by atoms with Crippen LogP contribution in [0.25, 0.3) is 5.69 Å². The van der Waals surface area contributed by atoms with Crippen molar-refractivity contribution in [3.8, 4) is 5.69 Å². The number of nitrogens with one attached hydrogen (secondary N) is 1. The van der Waals surface area contributed by atoms with Gasteiger partial charge in [-0.1, -0.05) is 36.4 Å². The van der Waals surface area contributed by atoms with Gasteiger partial charge in [-0.15, -0.1) is 10.2 Å². The van der Waals surface area contributed by atoms with Crippen molar-refractivity contribution in [1.82, 2.24) is 20.1 Å². The molecule has 0 radical (unpaired) electrons. The first-order valence-corrected chi connectivity index (χ1v) is 8.46. The molecule has 1 aromatic heterocycles. The molecule has 0 fully saturated rings. The third-order valence-corrected chi connectivity index (χ3v) is 4.65. The van der Waals surface area contributed by atoms with Crippen LogP contribution in [0.4, 0.5) is 0 Å². The number of amides is 1. The zero-order chi connectivity index (χ0) is 16.1. The number of benzene rings is 1. The molecule has 0 spiro atoms. The molecular weight excluding hydrogens is 320 g/mol. The van der Waals surface area contributed by atoms with Crippen molar-refractivity contribution in [3.05, 3.63) is 35.1 Å². The quantitative estimate of drug-likeness (QED) is 0.821. The first-order valence-electron chi connectivity index (χ1n) is 7.10. The van der Waals surface area contributed by atoms with Gasteiger partial charge < -0.3 is 5.32 Å². The van der Waals surface area contributed by atoms with Crippen molar-refractivity contribution >= 4 is 29.3 Å². The Morgan fingerprint density at radius 3 is 2.95 bits per heavy atom. The monoisotopic (exact) mass is 338 g/mol. The maximum Gasteiger partial charge on any atom is 0.230 e. The molecule has 1 aromatic carbocycles. The SMILES string of the molecule is CC[C@@H](C)NC(=O)CSc1nncn1-c1ccc(C)c(Cl)c1. The van der Waals surface area contributed by atoms with Gasteiger partial charge in [0.15, 0.2) is 5.16 Å². The highest BCUT2D eigenvalue weighted by Gasteiger charge is 2.12. The molecule has 2 aromatic rings. The third kappa shape index (κ3) is 4.24. The lowest BCUT2D eigenvalue weighted by atomic mass is 10.2. The summed E-state index contributed by atoms with van der Waals surface area (Å²) in [6.07, 6.45) is 2.53. The topological polar surface area (TPSA) is 59.8 Å². The molecule has 1 heterocycles. The van der Waals surface area contributed by atoms with E-state index in [2.05, 4.69) is 15.5 Å². The van der Waals surface area contributed by atoms with Gasteiger partial charge in [0.2, 0.25) is 5.91 Å². The van der Waals surface area contributed by atoms with Crippen molar-refractivity contribution in [2.75, 3.05) is 5.75 Å². The smallest absolute Gasteiger partial charge is 0.230 e. The van der Waals surface area contributed by atoms with Crippen molar-refractivity contribution in [3.63, 3.8) is 0 Å². The summed E-state index contributed by atoms with van der Waals surface area (Å²) in [5, 5.41) is 12.3. The lowest BCUT2D eigenvalue weighted by molar-refractivity contribution is -0.119. The highest BCUT2D eigenvalue weighted by atomic mass is 35.5. The largest absolute Gasteiger partial charge is 0.353 e. The van der Waals surface area contributed by atoms with Gasteiger partial charge >= 0.3 is 0 Å². The summed E-state index contributed by atoms with van der Waals surface area (Å²) in [7, 11) is 0. The molecule has 5 nitrogen and oxygen atoms in total. The first kappa shape index (κ1) is 16.8. The minimum atomic E-state index is -0.00385. The number of halogens is 1. The van der Waals surface area contributed by atoms with Gasteiger partial charge in [-0.3, -0.25) is 9.36 Å². The summed E-state index contributed by atoms with van der Waals surface area (Å²) in [5.41, 5.74) is 1.89. The van der Waals surface area contributed by atoms with Crippen molar-refractivity contribution in [1.29, 1.82) is 0 Å². The Kier molecular flexibility index (Phi) is 5.85. The van der Waals surface area contributed by atoms with Crippen molar-refractivity contribution in [2.24, 2.45) is 0 Å². The van der Waals surface area contributed by atoms with E-state index in [9.17, 15) is 4.79 Å². The zero-order valence-electron chi connectivity index (χ0n) is 12.8. The predicted molar refractivity (Wildman–Crippen MR) is 89.7 cm³/mol. The number of carbonyl (C=O) groups is 1. The Morgan fingerprint density at radius 2 is 2.27 bits per heavy atom. The van der Waals surface area contributed by atoms with Crippen LogP contribution >= 0.6 is 23.4 Å². The van der Waals surface area contributed by atoms with Crippen LogP contribution in [0.3, 0.4) is 0 Å². The fourth-order valence-electron chi connectivity index (χ4n) is 1.78. The number of aryl methyl sites for hydroxylation is 1. The van der Waals surface area contributed by atoms with Gasteiger partial charge in [-0.2, -0.15) is 0 Å². The molecule has 0 aliphatic heterocycles. The number of thioether (sulfide) groups is 1. The van der Waals surface area contributed by atoms with E-state index in [0.29, 0.717) is 15.9 Å². The lowest BCUT2D eigenvalue weighted by Gasteiger charge is -2.11. The van der Waals surface area contributed by atoms with Gasteiger partial charge in [0.1, 0.15) is 6.33 Å². The maximum atomic E-state index is 11.8. The molecule has 7 heteroatoms. The first-order chi connectivity index (χ1) is 10.5. The molecule has 118 valence electrons. The van der Waals surface area contributed by atoms with Crippen LogP contribution < -0.4 is 5.32 Å². The number of carbonyl (C=O) groups excluding carboxylic acids is 1. The average molecular weight is 339 g/mol. The molecule has 2 rings (SSSR count). The van der Waals surface area contributed by atoms with Gasteiger partial charge in [-0.25, -0.2) is 0 Å². The summed E-state index contributed by atoms with van der Waals surface area (Å²) in [4.78, 5) is 11.8. The Labute approximate surface area is 139 Å². The van der Waals surface area contributed by atoms with Crippen LogP contribution in [0, 0.1) is 6.92 Å². The average Bonchev–Trinajstić information content (AvgIpc) is 2.96. The highest BCUT2D eigenvalue weighted by molar-refractivity contribution is 7.99. The number of aromatic nitrogens is 3. The fourth-order valence-corrected chi connectivity index (χ4v) is 2.70. The second kappa shape index (κ2) is 7.65. The summed E-state index contributed by atoms with van der Waals surface area (Å²) >= 11 is 7.51. The van der Waals surface area contributed by atoms with E-state index in [-0.39, 0.29) is 11.9 Å². The summed E-state index contributed by atoms with van der Waals surface area (Å²) in [6.45, 7) is 5.97. The van der Waals surface area contributed by atoms with Crippen LogP contribution in [0.2, 0.25) is 5.02 Å². The van der Waals surface area contributed by atoms with E-state index >= 15 is 0 Å². The van der Waals surface area contributed by atoms with Crippen LogP contribution in [0.15, 0.2) is 29.7 Å².